The minimum atomic E-state index is -0.596. The first-order valence-electron chi connectivity index (χ1n) is 7.59. The summed E-state index contributed by atoms with van der Waals surface area (Å²) in [7, 11) is 2.79. The van der Waals surface area contributed by atoms with Crippen LogP contribution in [-0.2, 0) is 14.3 Å². The van der Waals surface area contributed by atoms with Crippen LogP contribution in [0.1, 0.15) is 31.7 Å². The largest absolute Gasteiger partial charge is 0.493 e. The van der Waals surface area contributed by atoms with Crippen LogP contribution >= 0.6 is 0 Å². The molecule has 0 heterocycles. The second-order valence-corrected chi connectivity index (χ2v) is 5.77. The van der Waals surface area contributed by atoms with Gasteiger partial charge in [-0.25, -0.2) is 8.78 Å². The van der Waals surface area contributed by atoms with Gasteiger partial charge in [0, 0.05) is 5.92 Å². The van der Waals surface area contributed by atoms with E-state index in [1.165, 1.54) is 27.4 Å². The van der Waals surface area contributed by atoms with E-state index in [1.807, 2.05) is 0 Å². The highest BCUT2D eigenvalue weighted by molar-refractivity contribution is 6.52. The van der Waals surface area contributed by atoms with Crippen molar-refractivity contribution in [3.63, 3.8) is 0 Å². The first-order valence-corrected chi connectivity index (χ1v) is 7.59. The van der Waals surface area contributed by atoms with Crippen molar-refractivity contribution in [2.45, 2.75) is 33.0 Å². The summed E-state index contributed by atoms with van der Waals surface area (Å²) in [5.41, 5.74) is 0.884. The topological polar surface area (TPSA) is 43.4 Å². The lowest BCUT2D eigenvalue weighted by molar-refractivity contribution is -0.120. The first kappa shape index (κ1) is 18.1. The lowest BCUT2D eigenvalue weighted by Crippen LogP contribution is -2.18. The Morgan fingerprint density at radius 1 is 1.29 bits per heavy atom. The number of halogens is 2. The Balaban J connectivity index is 2.59. The van der Waals surface area contributed by atoms with Gasteiger partial charge in [0.1, 0.15) is 11.6 Å². The smallest absolute Gasteiger partial charge is 0.230 e. The Bertz CT molecular complexity index is 766. The minimum Gasteiger partial charge on any atom is -0.493 e. The summed E-state index contributed by atoms with van der Waals surface area (Å²) in [5.74, 6) is -2.62. The fraction of sp³-hybridized carbons (Fsp3) is 0.333. The number of ketones is 2. The molecule has 1 aliphatic carbocycles. The van der Waals surface area contributed by atoms with E-state index in [9.17, 15) is 18.4 Å². The summed E-state index contributed by atoms with van der Waals surface area (Å²) in [6, 6.07) is 2.26. The standard InChI is InChI=1S/C18H18BF2O3/c1-9-5-11(6-16(24-4)18(23)17(9)10(2)22)12-7-15(21)13(19-3)8-14(12)20/h6-8,11H,5H2,1-4H3. The second-order valence-electron chi connectivity index (χ2n) is 5.77. The number of carbonyl (C=O) groups is 2. The molecule has 0 bridgehead atoms. The molecule has 1 aromatic rings. The molecule has 1 radical (unpaired) electrons. The molecule has 0 spiro atoms. The number of Topliss-reactive ketones (excluding diaryl/α,β-unsaturated/α-hetero) is 2. The zero-order valence-electron chi connectivity index (χ0n) is 14.1. The highest BCUT2D eigenvalue weighted by Gasteiger charge is 2.29. The molecule has 1 atom stereocenters. The maximum absolute atomic E-state index is 14.4. The number of methoxy groups -OCH3 is 1. The zero-order chi connectivity index (χ0) is 18.0. The maximum atomic E-state index is 14.4. The van der Waals surface area contributed by atoms with Crippen molar-refractivity contribution in [2.24, 2.45) is 0 Å². The van der Waals surface area contributed by atoms with Crippen LogP contribution in [0.2, 0.25) is 6.82 Å². The molecule has 1 aliphatic rings. The van der Waals surface area contributed by atoms with Crippen molar-refractivity contribution < 1.29 is 23.1 Å². The molecule has 0 saturated carbocycles. The number of carbonyl (C=O) groups excluding carboxylic acids is 2. The third-order valence-corrected chi connectivity index (χ3v) is 4.15. The molecule has 6 heteroatoms. The summed E-state index contributed by atoms with van der Waals surface area (Å²) in [6.07, 6.45) is 1.69. The molecule has 125 valence electrons. The summed E-state index contributed by atoms with van der Waals surface area (Å²) in [4.78, 5) is 24.2. The summed E-state index contributed by atoms with van der Waals surface area (Å²) < 4.78 is 33.6. The van der Waals surface area contributed by atoms with E-state index in [1.54, 1.807) is 13.7 Å². The molecule has 1 unspecified atom stereocenters. The van der Waals surface area contributed by atoms with Gasteiger partial charge in [0.15, 0.2) is 18.8 Å². The van der Waals surface area contributed by atoms with E-state index in [0.717, 1.165) is 12.1 Å². The molecule has 0 amide bonds. The Labute approximate surface area is 140 Å². The van der Waals surface area contributed by atoms with Crippen LogP contribution in [0.15, 0.2) is 35.1 Å². The Morgan fingerprint density at radius 2 is 1.96 bits per heavy atom. The van der Waals surface area contributed by atoms with Gasteiger partial charge in [0.2, 0.25) is 5.78 Å². The average molecular weight is 331 g/mol. The van der Waals surface area contributed by atoms with Crippen LogP contribution in [-0.4, -0.2) is 26.0 Å². The minimum absolute atomic E-state index is 0.0343. The number of allylic oxidation sites excluding steroid dienone is 3. The van der Waals surface area contributed by atoms with Crippen molar-refractivity contribution >= 4 is 24.3 Å². The first-order chi connectivity index (χ1) is 11.3. The van der Waals surface area contributed by atoms with Crippen LogP contribution in [0.4, 0.5) is 8.78 Å². The number of rotatable bonds is 4. The molecule has 0 aromatic heterocycles. The van der Waals surface area contributed by atoms with Gasteiger partial charge in [0.05, 0.1) is 12.7 Å². The third-order valence-electron chi connectivity index (χ3n) is 4.15. The molecule has 0 fully saturated rings. The van der Waals surface area contributed by atoms with Crippen molar-refractivity contribution in [2.75, 3.05) is 7.11 Å². The number of benzene rings is 1. The molecule has 3 nitrogen and oxygen atoms in total. The third kappa shape index (κ3) is 3.32. The number of ether oxygens (including phenoxy) is 1. The fourth-order valence-corrected chi connectivity index (χ4v) is 2.97. The second kappa shape index (κ2) is 7.12. The van der Waals surface area contributed by atoms with Gasteiger partial charge in [-0.3, -0.25) is 9.59 Å². The SMILES string of the molecule is C[B]c1cc(F)c(C2C=C(OC)C(=O)C(C(C)=O)=C(C)C2)cc1F. The Kier molecular flexibility index (Phi) is 5.37. The lowest BCUT2D eigenvalue weighted by atomic mass is 9.72. The predicted octanol–water partition coefficient (Wildman–Crippen LogP) is 2.83. The van der Waals surface area contributed by atoms with Gasteiger partial charge < -0.3 is 4.74 Å². The van der Waals surface area contributed by atoms with Gasteiger partial charge in [-0.15, -0.1) is 0 Å². The van der Waals surface area contributed by atoms with Gasteiger partial charge in [0.25, 0.3) is 0 Å². The van der Waals surface area contributed by atoms with Gasteiger partial charge in [-0.1, -0.05) is 17.9 Å². The fourth-order valence-electron chi connectivity index (χ4n) is 2.97. The zero-order valence-corrected chi connectivity index (χ0v) is 14.1. The monoisotopic (exact) mass is 331 g/mol. The van der Waals surface area contributed by atoms with Gasteiger partial charge in [-0.05, 0) is 44.0 Å². The number of hydrogen-bond acceptors (Lipinski definition) is 3. The average Bonchev–Trinajstić information content (AvgIpc) is 2.64. The van der Waals surface area contributed by atoms with E-state index >= 15 is 0 Å². The summed E-state index contributed by atoms with van der Waals surface area (Å²) >= 11 is 0. The molecule has 24 heavy (non-hydrogen) atoms. The molecule has 0 aliphatic heterocycles. The van der Waals surface area contributed by atoms with Crippen LogP contribution in [0, 0.1) is 11.6 Å². The number of hydrogen-bond donors (Lipinski definition) is 0. The predicted molar refractivity (Wildman–Crippen MR) is 88.4 cm³/mol. The van der Waals surface area contributed by atoms with Gasteiger partial charge in [-0.2, -0.15) is 0 Å². The molecule has 0 saturated heterocycles. The van der Waals surface area contributed by atoms with Crippen LogP contribution < -0.4 is 5.46 Å². The van der Waals surface area contributed by atoms with Crippen LogP contribution in [0.5, 0.6) is 0 Å². The quantitative estimate of drug-likeness (QED) is 0.629. The van der Waals surface area contributed by atoms with Crippen molar-refractivity contribution in [1.82, 2.24) is 0 Å². The Hall–Kier alpha value is -2.24. The summed E-state index contributed by atoms with van der Waals surface area (Å²) in [6.45, 7) is 4.57. The lowest BCUT2D eigenvalue weighted by Gasteiger charge is -2.15. The van der Waals surface area contributed by atoms with E-state index in [4.69, 9.17) is 4.74 Å². The highest BCUT2D eigenvalue weighted by Crippen LogP contribution is 2.33. The summed E-state index contributed by atoms with van der Waals surface area (Å²) in [5, 5.41) is 0. The van der Waals surface area contributed by atoms with E-state index in [0.29, 0.717) is 5.57 Å². The normalized spacial score (nSPS) is 18.2. The molecule has 0 N–H and O–H groups in total. The van der Waals surface area contributed by atoms with Crippen molar-refractivity contribution in [3.8, 4) is 0 Å². The van der Waals surface area contributed by atoms with E-state index in [-0.39, 0.29) is 34.6 Å². The van der Waals surface area contributed by atoms with Crippen LogP contribution in [0.3, 0.4) is 0 Å². The van der Waals surface area contributed by atoms with Crippen molar-refractivity contribution in [3.05, 3.63) is 52.3 Å². The van der Waals surface area contributed by atoms with Crippen LogP contribution in [0.25, 0.3) is 0 Å². The molecule has 2 rings (SSSR count). The molecular weight excluding hydrogens is 313 g/mol. The van der Waals surface area contributed by atoms with Gasteiger partial charge >= 0.3 is 0 Å². The molecular formula is C18H18BF2O3. The highest BCUT2D eigenvalue weighted by atomic mass is 19.1. The molecule has 1 aromatic carbocycles. The van der Waals surface area contributed by atoms with E-state index < -0.39 is 23.3 Å². The van der Waals surface area contributed by atoms with E-state index in [2.05, 4.69) is 0 Å². The Morgan fingerprint density at radius 3 is 2.50 bits per heavy atom. The van der Waals surface area contributed by atoms with Crippen molar-refractivity contribution in [1.29, 1.82) is 0 Å². The maximum Gasteiger partial charge on any atom is 0.230 e.